The number of nitrogens with one attached hydrogen (secondary N) is 1. The Kier molecular flexibility index (Phi) is 3.95. The minimum Gasteiger partial charge on any atom is -0.490 e. The Morgan fingerprint density at radius 2 is 1.86 bits per heavy atom. The van der Waals surface area contributed by atoms with Gasteiger partial charge in [-0.15, -0.1) is 0 Å². The first-order chi connectivity index (χ1) is 14.2. The molecule has 1 atom stereocenters. The zero-order chi connectivity index (χ0) is 19.5. The Morgan fingerprint density at radius 1 is 0.966 bits per heavy atom. The van der Waals surface area contributed by atoms with Gasteiger partial charge in [0.1, 0.15) is 11.2 Å². The van der Waals surface area contributed by atoms with Crippen LogP contribution in [0, 0.1) is 0 Å². The Hall–Kier alpha value is -2.40. The van der Waals surface area contributed by atoms with Gasteiger partial charge in [-0.3, -0.25) is 0 Å². The van der Waals surface area contributed by atoms with E-state index >= 15 is 0 Å². The van der Waals surface area contributed by atoms with E-state index < -0.39 is 0 Å². The van der Waals surface area contributed by atoms with Gasteiger partial charge in [0, 0.05) is 43.8 Å². The Bertz CT molecular complexity index is 1540. The molecule has 5 aromatic rings. The van der Waals surface area contributed by atoms with Crippen LogP contribution in [0.2, 0.25) is 0 Å². The van der Waals surface area contributed by atoms with Crippen molar-refractivity contribution in [2.24, 2.45) is 0 Å². The third kappa shape index (κ3) is 2.56. The van der Waals surface area contributed by atoms with Gasteiger partial charge in [-0.05, 0) is 42.3 Å². The van der Waals surface area contributed by atoms with Gasteiger partial charge in [-0.2, -0.15) is 0 Å². The molecule has 2 aromatic heterocycles. The SMILES string of the molecule is [Al][NH]c1cccc2oc3ccc(C4C=c5c([n]([Al])c6ccccc56)=CC4)cc3c12. The molecule has 0 saturated heterocycles. The van der Waals surface area contributed by atoms with Gasteiger partial charge >= 0.3 is 33.0 Å². The number of fused-ring (bicyclic) bond motifs is 6. The molecule has 4 radical (unpaired) electrons. The molecule has 6 rings (SSSR count). The van der Waals surface area contributed by atoms with E-state index in [9.17, 15) is 0 Å². The quantitative estimate of drug-likeness (QED) is 0.456. The minimum atomic E-state index is 0.351. The molecule has 1 aliphatic rings. The Morgan fingerprint density at radius 3 is 2.76 bits per heavy atom. The van der Waals surface area contributed by atoms with Crippen molar-refractivity contribution < 1.29 is 4.42 Å². The lowest BCUT2D eigenvalue weighted by Crippen LogP contribution is -2.31. The molecule has 0 aliphatic heterocycles. The van der Waals surface area contributed by atoms with E-state index in [0.717, 1.165) is 34.0 Å². The summed E-state index contributed by atoms with van der Waals surface area (Å²) in [5.41, 5.74) is 5.48. The first-order valence-electron chi connectivity index (χ1n) is 9.73. The maximum atomic E-state index is 6.08. The molecule has 3 aromatic carbocycles. The zero-order valence-corrected chi connectivity index (χ0v) is 18.0. The first kappa shape index (κ1) is 17.5. The average molecular weight is 402 g/mol. The second kappa shape index (κ2) is 6.56. The fourth-order valence-corrected chi connectivity index (χ4v) is 5.34. The van der Waals surface area contributed by atoms with Crippen molar-refractivity contribution >= 4 is 83.7 Å². The fourth-order valence-electron chi connectivity index (χ4n) is 4.63. The Labute approximate surface area is 184 Å². The van der Waals surface area contributed by atoms with Crippen LogP contribution in [-0.4, -0.2) is 36.6 Å². The Balaban J connectivity index is 1.57. The lowest BCUT2D eigenvalue weighted by Gasteiger charge is -2.14. The van der Waals surface area contributed by atoms with Crippen molar-refractivity contribution in [1.82, 2.24) is 3.55 Å². The van der Waals surface area contributed by atoms with Crippen LogP contribution in [-0.2, 0) is 0 Å². The van der Waals surface area contributed by atoms with E-state index in [1.54, 1.807) is 0 Å². The van der Waals surface area contributed by atoms with Gasteiger partial charge in [-0.1, -0.05) is 42.5 Å². The number of hydrogen-bond acceptors (Lipinski definition) is 2. The van der Waals surface area contributed by atoms with Crippen LogP contribution in [0.1, 0.15) is 17.9 Å². The molecule has 134 valence electrons. The molecule has 1 aliphatic carbocycles. The summed E-state index contributed by atoms with van der Waals surface area (Å²) in [7, 11) is 0. The largest absolute Gasteiger partial charge is 0.490 e. The summed E-state index contributed by atoms with van der Waals surface area (Å²) in [6.07, 6.45) is 5.78. The number of rotatable bonds is 2. The molecule has 0 fully saturated rings. The molecule has 0 saturated carbocycles. The zero-order valence-electron chi connectivity index (χ0n) is 15.7. The summed E-state index contributed by atoms with van der Waals surface area (Å²) >= 11 is 5.45. The number of aromatic nitrogens is 1. The second-order valence-corrected chi connectivity index (χ2v) is 8.38. The maximum absolute atomic E-state index is 6.08. The van der Waals surface area contributed by atoms with Crippen LogP contribution in [0.15, 0.2) is 65.1 Å². The fraction of sp³-hybridized carbons (Fsp3) is 0.0833. The van der Waals surface area contributed by atoms with Crippen LogP contribution >= 0.6 is 0 Å². The third-order valence-electron chi connectivity index (χ3n) is 6.02. The highest BCUT2D eigenvalue weighted by molar-refractivity contribution is 6.22. The van der Waals surface area contributed by atoms with Crippen LogP contribution in [0.25, 0.3) is 45.0 Å². The van der Waals surface area contributed by atoms with E-state index in [-0.39, 0.29) is 0 Å². The molecule has 1 unspecified atom stereocenters. The molecule has 0 spiro atoms. The number of anilines is 1. The van der Waals surface area contributed by atoms with Crippen molar-refractivity contribution in [2.75, 3.05) is 4.30 Å². The van der Waals surface area contributed by atoms with E-state index in [2.05, 4.69) is 102 Å². The lowest BCUT2D eigenvalue weighted by molar-refractivity contribution is 0.668. The van der Waals surface area contributed by atoms with Crippen molar-refractivity contribution in [2.45, 2.75) is 12.3 Å². The topological polar surface area (TPSA) is 30.1 Å². The van der Waals surface area contributed by atoms with Crippen LogP contribution in [0.4, 0.5) is 5.69 Å². The minimum absolute atomic E-state index is 0.351. The summed E-state index contributed by atoms with van der Waals surface area (Å²) in [5, 5.41) is 6.23. The van der Waals surface area contributed by atoms with E-state index in [1.807, 2.05) is 12.1 Å². The predicted molar refractivity (Wildman–Crippen MR) is 122 cm³/mol. The van der Waals surface area contributed by atoms with Crippen LogP contribution < -0.4 is 14.9 Å². The summed E-state index contributed by atoms with van der Waals surface area (Å²) in [6, 6.07) is 21.3. The van der Waals surface area contributed by atoms with Crippen LogP contribution in [0.5, 0.6) is 0 Å². The summed E-state index contributed by atoms with van der Waals surface area (Å²) in [6.45, 7) is 0. The number of benzene rings is 3. The molecule has 5 heteroatoms. The van der Waals surface area contributed by atoms with Gasteiger partial charge in [0.15, 0.2) is 0 Å². The van der Waals surface area contributed by atoms with Crippen molar-refractivity contribution in [3.05, 3.63) is 76.8 Å². The molecule has 1 N–H and O–H groups in total. The molecular formula is C24H16Al2N2O. The number of hydrogen-bond donors (Lipinski definition) is 1. The highest BCUT2D eigenvalue weighted by atomic mass is 27.1. The second-order valence-electron chi connectivity index (χ2n) is 7.58. The van der Waals surface area contributed by atoms with Gasteiger partial charge < -0.3 is 12.3 Å². The van der Waals surface area contributed by atoms with Gasteiger partial charge in [0.05, 0.1) is 0 Å². The van der Waals surface area contributed by atoms with E-state index in [4.69, 9.17) is 4.42 Å². The highest BCUT2D eigenvalue weighted by Gasteiger charge is 2.17. The van der Waals surface area contributed by atoms with Crippen molar-refractivity contribution in [3.63, 3.8) is 0 Å². The summed E-state index contributed by atoms with van der Waals surface area (Å²) in [4.78, 5) is 0. The van der Waals surface area contributed by atoms with E-state index in [1.165, 1.54) is 27.0 Å². The molecule has 29 heavy (non-hydrogen) atoms. The number of furan rings is 1. The number of para-hydroxylation sites is 1. The molecule has 2 heterocycles. The molecular weight excluding hydrogens is 386 g/mol. The monoisotopic (exact) mass is 402 g/mol. The van der Waals surface area contributed by atoms with Gasteiger partial charge in [-0.25, -0.2) is 0 Å². The molecule has 0 bridgehead atoms. The third-order valence-corrected chi connectivity index (χ3v) is 6.89. The maximum Gasteiger partial charge on any atom is 0.318 e. The number of nitrogens with zero attached hydrogens (tertiary/aromatic N) is 1. The van der Waals surface area contributed by atoms with E-state index in [0.29, 0.717) is 5.92 Å². The summed E-state index contributed by atoms with van der Waals surface area (Å²) < 4.78 is 11.5. The average Bonchev–Trinajstić information content (AvgIpc) is 3.29. The van der Waals surface area contributed by atoms with Gasteiger partial charge in [0.2, 0.25) is 0 Å². The molecule has 3 nitrogen and oxygen atoms in total. The molecule has 0 amide bonds. The van der Waals surface area contributed by atoms with Crippen LogP contribution in [0.3, 0.4) is 0 Å². The lowest BCUT2D eigenvalue weighted by atomic mass is 9.90. The standard InChI is InChI=1S/C24H16N2O.2Al/c25-19-5-3-7-23-24(19)18-13-15(9-11-22(18)27-23)14-8-10-21-17(12-14)16-4-1-2-6-20(16)26-21;;/h1-7,9-14,25H,8H2;;/q-2;2*+1. The first-order valence-corrected chi connectivity index (χ1v) is 10.8. The highest BCUT2D eigenvalue weighted by Crippen LogP contribution is 2.36. The van der Waals surface area contributed by atoms with Crippen molar-refractivity contribution in [3.8, 4) is 0 Å². The smallest absolute Gasteiger partial charge is 0.318 e. The van der Waals surface area contributed by atoms with Gasteiger partial charge in [0.25, 0.3) is 0 Å². The van der Waals surface area contributed by atoms with Crippen molar-refractivity contribution in [1.29, 1.82) is 0 Å². The predicted octanol–water partition coefficient (Wildman–Crippen LogP) is 3.72. The summed E-state index contributed by atoms with van der Waals surface area (Å²) in [5.74, 6) is 0.351. The normalized spacial score (nSPS) is 15.9.